The number of nitrogens with zero attached hydrogens (tertiary/aromatic N) is 1. The van der Waals surface area contributed by atoms with E-state index in [2.05, 4.69) is 6.07 Å². The molecule has 2 aromatic heterocycles. The highest BCUT2D eigenvalue weighted by molar-refractivity contribution is 7.10. The van der Waals surface area contributed by atoms with E-state index in [1.165, 1.54) is 22.7 Å². The molecule has 0 amide bonds. The minimum absolute atomic E-state index is 0.0799. The SMILES string of the molecule is CCOC(=O)C1=C(N)[C@@](C#N)(C(=O)OCC)[C@H](c2cccs2)[C@H]1c1cccs1. The number of hydrogen-bond acceptors (Lipinski definition) is 8. The number of nitrogens with two attached hydrogens (primary N) is 1. The van der Waals surface area contributed by atoms with E-state index < -0.39 is 29.2 Å². The second-order valence-corrected chi connectivity index (χ2v) is 8.13. The van der Waals surface area contributed by atoms with Gasteiger partial charge in [0, 0.05) is 21.6 Å². The lowest BCUT2D eigenvalue weighted by atomic mass is 9.73. The summed E-state index contributed by atoms with van der Waals surface area (Å²) in [4.78, 5) is 27.5. The van der Waals surface area contributed by atoms with Gasteiger partial charge in [-0.15, -0.1) is 22.7 Å². The van der Waals surface area contributed by atoms with E-state index in [-0.39, 0.29) is 24.5 Å². The Kier molecular flexibility index (Phi) is 5.87. The number of rotatable bonds is 6. The van der Waals surface area contributed by atoms with Crippen LogP contribution in [0.2, 0.25) is 0 Å². The average Bonchev–Trinajstić information content (AvgIpc) is 3.41. The van der Waals surface area contributed by atoms with Gasteiger partial charge in [-0.25, -0.2) is 9.59 Å². The summed E-state index contributed by atoms with van der Waals surface area (Å²) in [5.41, 5.74) is 4.68. The Morgan fingerprint density at radius 1 is 1.14 bits per heavy atom. The first kappa shape index (κ1) is 20.1. The molecule has 146 valence electrons. The first-order valence-electron chi connectivity index (χ1n) is 8.85. The minimum Gasteiger partial charge on any atom is -0.464 e. The molecule has 6 nitrogen and oxygen atoms in total. The summed E-state index contributed by atoms with van der Waals surface area (Å²) in [6.45, 7) is 3.63. The molecule has 2 heterocycles. The van der Waals surface area contributed by atoms with Gasteiger partial charge in [0.15, 0.2) is 0 Å². The van der Waals surface area contributed by atoms with E-state index in [4.69, 9.17) is 15.2 Å². The van der Waals surface area contributed by atoms with Crippen LogP contribution in [0.25, 0.3) is 0 Å². The number of hydrogen-bond donors (Lipinski definition) is 1. The third-order valence-corrected chi connectivity index (χ3v) is 6.71. The van der Waals surface area contributed by atoms with Crippen LogP contribution in [0.4, 0.5) is 0 Å². The van der Waals surface area contributed by atoms with Crippen molar-refractivity contribution in [2.45, 2.75) is 25.7 Å². The zero-order valence-electron chi connectivity index (χ0n) is 15.5. The van der Waals surface area contributed by atoms with Crippen LogP contribution in [0.1, 0.15) is 35.4 Å². The van der Waals surface area contributed by atoms with Crippen molar-refractivity contribution in [3.63, 3.8) is 0 Å². The van der Waals surface area contributed by atoms with E-state index in [1.807, 2.05) is 35.0 Å². The van der Waals surface area contributed by atoms with Gasteiger partial charge in [0.1, 0.15) is 0 Å². The molecule has 1 aliphatic rings. The largest absolute Gasteiger partial charge is 0.464 e. The number of carbonyl (C=O) groups excluding carboxylic acids is 2. The maximum atomic E-state index is 13.1. The minimum atomic E-state index is -1.79. The molecular formula is C20H20N2O4S2. The van der Waals surface area contributed by atoms with Gasteiger partial charge < -0.3 is 15.2 Å². The summed E-state index contributed by atoms with van der Waals surface area (Å²) >= 11 is 2.86. The molecule has 2 aromatic rings. The van der Waals surface area contributed by atoms with Crippen LogP contribution < -0.4 is 5.73 Å². The van der Waals surface area contributed by atoms with Crippen LogP contribution in [0.15, 0.2) is 46.3 Å². The third-order valence-electron chi connectivity index (χ3n) is 4.79. The first-order chi connectivity index (χ1) is 13.5. The summed E-state index contributed by atoms with van der Waals surface area (Å²) in [7, 11) is 0. The third kappa shape index (κ3) is 3.01. The Balaban J connectivity index is 2.31. The maximum Gasteiger partial charge on any atom is 0.336 e. The predicted octanol–water partition coefficient (Wildman–Crippen LogP) is 3.54. The lowest BCUT2D eigenvalue weighted by molar-refractivity contribution is -0.151. The van der Waals surface area contributed by atoms with Gasteiger partial charge in [-0.3, -0.25) is 0 Å². The number of carbonyl (C=O) groups is 2. The Morgan fingerprint density at radius 3 is 2.25 bits per heavy atom. The van der Waals surface area contributed by atoms with Crippen molar-refractivity contribution in [2.24, 2.45) is 11.1 Å². The standard InChI is InChI=1S/C20H20N2O4S2/c1-3-25-18(23)15-14(12-7-5-9-27-12)16(13-8-6-10-28-13)20(11-21,17(15)22)19(24)26-4-2/h5-10,14,16H,3-4,22H2,1-2H3/t14-,16+,20-/m0/s1. The second kappa shape index (κ2) is 8.17. The van der Waals surface area contributed by atoms with Crippen molar-refractivity contribution in [3.8, 4) is 6.07 Å². The van der Waals surface area contributed by atoms with E-state index in [1.54, 1.807) is 13.8 Å². The molecule has 0 saturated heterocycles. The smallest absolute Gasteiger partial charge is 0.336 e. The van der Waals surface area contributed by atoms with Crippen LogP contribution in [-0.4, -0.2) is 25.2 Å². The van der Waals surface area contributed by atoms with Gasteiger partial charge in [0.25, 0.3) is 0 Å². The summed E-state index contributed by atoms with van der Waals surface area (Å²) < 4.78 is 10.5. The van der Waals surface area contributed by atoms with Gasteiger partial charge in [-0.2, -0.15) is 5.26 Å². The van der Waals surface area contributed by atoms with E-state index in [0.29, 0.717) is 0 Å². The Bertz CT molecular complexity index is 928. The quantitative estimate of drug-likeness (QED) is 0.723. The van der Waals surface area contributed by atoms with Crippen LogP contribution in [0, 0.1) is 16.7 Å². The van der Waals surface area contributed by atoms with Crippen molar-refractivity contribution < 1.29 is 19.1 Å². The number of nitriles is 1. The molecule has 3 atom stereocenters. The molecule has 0 radical (unpaired) electrons. The Labute approximate surface area is 171 Å². The molecule has 8 heteroatoms. The molecular weight excluding hydrogens is 396 g/mol. The highest BCUT2D eigenvalue weighted by atomic mass is 32.1. The lowest BCUT2D eigenvalue weighted by Crippen LogP contribution is -2.40. The molecule has 0 aromatic carbocycles. The molecule has 28 heavy (non-hydrogen) atoms. The molecule has 3 rings (SSSR count). The Hall–Kier alpha value is -2.63. The highest BCUT2D eigenvalue weighted by Crippen LogP contribution is 2.60. The summed E-state index contributed by atoms with van der Waals surface area (Å²) in [6, 6.07) is 9.55. The van der Waals surface area contributed by atoms with Crippen LogP contribution in [0.3, 0.4) is 0 Å². The fourth-order valence-corrected chi connectivity index (χ4v) is 5.49. The van der Waals surface area contributed by atoms with Gasteiger partial charge in [-0.05, 0) is 36.7 Å². The second-order valence-electron chi connectivity index (χ2n) is 6.17. The molecule has 0 bridgehead atoms. The van der Waals surface area contributed by atoms with Crippen molar-refractivity contribution >= 4 is 34.6 Å². The zero-order chi connectivity index (χ0) is 20.3. The fourth-order valence-electron chi connectivity index (χ4n) is 3.69. The predicted molar refractivity (Wildman–Crippen MR) is 107 cm³/mol. The normalized spacial score (nSPS) is 24.0. The summed E-state index contributed by atoms with van der Waals surface area (Å²) in [5.74, 6) is -2.59. The average molecular weight is 417 g/mol. The van der Waals surface area contributed by atoms with E-state index in [9.17, 15) is 14.9 Å². The fraction of sp³-hybridized carbons (Fsp3) is 0.350. The van der Waals surface area contributed by atoms with Gasteiger partial charge >= 0.3 is 11.9 Å². The van der Waals surface area contributed by atoms with E-state index in [0.717, 1.165) is 9.75 Å². The van der Waals surface area contributed by atoms with Crippen molar-refractivity contribution in [1.29, 1.82) is 5.26 Å². The molecule has 0 fully saturated rings. The molecule has 0 unspecified atom stereocenters. The first-order valence-corrected chi connectivity index (χ1v) is 10.6. The molecule has 0 spiro atoms. The zero-order valence-corrected chi connectivity index (χ0v) is 17.1. The summed E-state index contributed by atoms with van der Waals surface area (Å²) in [6.07, 6.45) is 0. The topological polar surface area (TPSA) is 102 Å². The highest BCUT2D eigenvalue weighted by Gasteiger charge is 2.62. The monoisotopic (exact) mass is 416 g/mol. The Morgan fingerprint density at radius 2 is 1.75 bits per heavy atom. The van der Waals surface area contributed by atoms with E-state index >= 15 is 0 Å². The molecule has 2 N–H and O–H groups in total. The number of thiophene rings is 2. The number of esters is 2. The maximum absolute atomic E-state index is 13.1. The van der Waals surface area contributed by atoms with Crippen molar-refractivity contribution in [3.05, 3.63) is 56.1 Å². The van der Waals surface area contributed by atoms with Crippen LogP contribution >= 0.6 is 22.7 Å². The molecule has 0 saturated carbocycles. The molecule has 1 aliphatic carbocycles. The van der Waals surface area contributed by atoms with Crippen LogP contribution in [0.5, 0.6) is 0 Å². The van der Waals surface area contributed by atoms with Crippen molar-refractivity contribution in [1.82, 2.24) is 0 Å². The van der Waals surface area contributed by atoms with Gasteiger partial charge in [0.2, 0.25) is 5.41 Å². The summed E-state index contributed by atoms with van der Waals surface area (Å²) in [5, 5.41) is 13.9. The molecule has 0 aliphatic heterocycles. The van der Waals surface area contributed by atoms with Crippen molar-refractivity contribution in [2.75, 3.05) is 13.2 Å². The lowest BCUT2D eigenvalue weighted by Gasteiger charge is -2.30. The van der Waals surface area contributed by atoms with Gasteiger partial charge in [-0.1, -0.05) is 12.1 Å². The number of ether oxygens (including phenoxy) is 2. The van der Waals surface area contributed by atoms with Gasteiger partial charge in [0.05, 0.1) is 30.6 Å². The van der Waals surface area contributed by atoms with Crippen LogP contribution in [-0.2, 0) is 19.1 Å².